The first-order chi connectivity index (χ1) is 9.13. The fraction of sp³-hybridized carbons (Fsp3) is 0.294. The molecule has 2 rings (SSSR count). The predicted octanol–water partition coefficient (Wildman–Crippen LogP) is 5.03. The Kier molecular flexibility index (Phi) is 4.49. The summed E-state index contributed by atoms with van der Waals surface area (Å²) in [6.45, 7) is 6.82. The van der Waals surface area contributed by atoms with Gasteiger partial charge in [-0.2, -0.15) is 0 Å². The highest BCUT2D eigenvalue weighted by atomic mass is 35.5. The number of rotatable bonds is 4. The molecule has 0 spiro atoms. The Balaban J connectivity index is 2.41. The summed E-state index contributed by atoms with van der Waals surface area (Å²) in [7, 11) is 0. The van der Waals surface area contributed by atoms with Gasteiger partial charge in [-0.05, 0) is 38.0 Å². The van der Waals surface area contributed by atoms with E-state index in [0.717, 1.165) is 16.9 Å². The van der Waals surface area contributed by atoms with Gasteiger partial charge in [0.1, 0.15) is 5.75 Å². The normalized spacial score (nSPS) is 12.2. The topological polar surface area (TPSA) is 9.23 Å². The summed E-state index contributed by atoms with van der Waals surface area (Å²) < 4.78 is 5.66. The van der Waals surface area contributed by atoms with Crippen molar-refractivity contribution in [3.8, 4) is 5.75 Å². The fourth-order valence-corrected chi connectivity index (χ4v) is 2.68. The third kappa shape index (κ3) is 3.10. The zero-order valence-electron chi connectivity index (χ0n) is 11.6. The van der Waals surface area contributed by atoms with E-state index in [2.05, 4.69) is 32.0 Å². The van der Waals surface area contributed by atoms with Crippen molar-refractivity contribution < 1.29 is 4.74 Å². The summed E-state index contributed by atoms with van der Waals surface area (Å²) in [5, 5.41) is -0.177. The van der Waals surface area contributed by atoms with Gasteiger partial charge in [0.15, 0.2) is 0 Å². The van der Waals surface area contributed by atoms with Crippen molar-refractivity contribution in [2.75, 3.05) is 6.61 Å². The molecule has 0 bridgehead atoms. The van der Waals surface area contributed by atoms with Crippen molar-refractivity contribution >= 4 is 11.6 Å². The van der Waals surface area contributed by atoms with Crippen molar-refractivity contribution in [1.82, 2.24) is 0 Å². The summed E-state index contributed by atoms with van der Waals surface area (Å²) in [5.41, 5.74) is 4.63. The fourth-order valence-electron chi connectivity index (χ4n) is 2.25. The molecule has 100 valence electrons. The third-order valence-electron chi connectivity index (χ3n) is 3.19. The zero-order valence-corrected chi connectivity index (χ0v) is 12.4. The summed E-state index contributed by atoms with van der Waals surface area (Å²) in [4.78, 5) is 0. The number of para-hydroxylation sites is 1. The number of alkyl halides is 1. The van der Waals surface area contributed by atoms with Crippen LogP contribution in [0.4, 0.5) is 0 Å². The van der Waals surface area contributed by atoms with Crippen molar-refractivity contribution in [2.24, 2.45) is 0 Å². The largest absolute Gasteiger partial charge is 0.494 e. The first-order valence-electron chi connectivity index (χ1n) is 6.56. The van der Waals surface area contributed by atoms with Gasteiger partial charge in [0.25, 0.3) is 0 Å². The van der Waals surface area contributed by atoms with Gasteiger partial charge in [0, 0.05) is 5.56 Å². The molecule has 0 saturated heterocycles. The Morgan fingerprint density at radius 2 is 1.79 bits per heavy atom. The van der Waals surface area contributed by atoms with E-state index >= 15 is 0 Å². The Bertz CT molecular complexity index is 563. The van der Waals surface area contributed by atoms with Gasteiger partial charge < -0.3 is 4.74 Å². The number of aryl methyl sites for hydroxylation is 2. The van der Waals surface area contributed by atoms with E-state index in [1.165, 1.54) is 11.1 Å². The van der Waals surface area contributed by atoms with Crippen molar-refractivity contribution in [2.45, 2.75) is 26.1 Å². The Morgan fingerprint density at radius 3 is 2.47 bits per heavy atom. The van der Waals surface area contributed by atoms with Gasteiger partial charge in [-0.25, -0.2) is 0 Å². The smallest absolute Gasteiger partial charge is 0.124 e. The molecule has 2 heteroatoms. The summed E-state index contributed by atoms with van der Waals surface area (Å²) in [6.07, 6.45) is 0. The lowest BCUT2D eigenvalue weighted by Crippen LogP contribution is -2.01. The van der Waals surface area contributed by atoms with E-state index in [9.17, 15) is 0 Å². The van der Waals surface area contributed by atoms with Crippen molar-refractivity contribution in [3.05, 3.63) is 64.7 Å². The number of hydrogen-bond donors (Lipinski definition) is 0. The Labute approximate surface area is 120 Å². The van der Waals surface area contributed by atoms with Crippen LogP contribution in [0.3, 0.4) is 0 Å². The third-order valence-corrected chi connectivity index (χ3v) is 3.66. The molecule has 2 aromatic carbocycles. The van der Waals surface area contributed by atoms with Crippen LogP contribution >= 0.6 is 11.6 Å². The molecule has 0 aromatic heterocycles. The molecule has 1 nitrogen and oxygen atoms in total. The number of halogens is 1. The molecule has 0 amide bonds. The molecule has 0 aliphatic carbocycles. The van der Waals surface area contributed by atoms with E-state index in [0.29, 0.717) is 6.61 Å². The van der Waals surface area contributed by atoms with Gasteiger partial charge in [-0.3, -0.25) is 0 Å². The van der Waals surface area contributed by atoms with Crippen molar-refractivity contribution in [1.29, 1.82) is 0 Å². The highest BCUT2D eigenvalue weighted by molar-refractivity contribution is 6.23. The predicted molar refractivity (Wildman–Crippen MR) is 81.2 cm³/mol. The van der Waals surface area contributed by atoms with E-state index in [4.69, 9.17) is 16.3 Å². The molecule has 0 saturated carbocycles. The van der Waals surface area contributed by atoms with Crippen LogP contribution in [-0.2, 0) is 0 Å². The second-order valence-electron chi connectivity index (χ2n) is 4.69. The molecule has 0 fully saturated rings. The van der Waals surface area contributed by atoms with Crippen LogP contribution in [0.15, 0.2) is 42.5 Å². The minimum atomic E-state index is -0.177. The Morgan fingerprint density at radius 1 is 1.05 bits per heavy atom. The maximum Gasteiger partial charge on any atom is 0.124 e. The monoisotopic (exact) mass is 274 g/mol. The molecule has 19 heavy (non-hydrogen) atoms. The van der Waals surface area contributed by atoms with E-state index in [1.54, 1.807) is 0 Å². The van der Waals surface area contributed by atoms with Crippen molar-refractivity contribution in [3.63, 3.8) is 0 Å². The lowest BCUT2D eigenvalue weighted by atomic mass is 9.98. The standard InChI is InChI=1S/C17H19ClO/c1-4-19-16-8-6-5-7-15(16)17(18)14-10-9-12(2)11-13(14)3/h5-11,17H,4H2,1-3H3. The molecular formula is C17H19ClO. The second-order valence-corrected chi connectivity index (χ2v) is 5.13. The first-order valence-corrected chi connectivity index (χ1v) is 7.00. The van der Waals surface area contributed by atoms with Crippen LogP contribution in [0, 0.1) is 13.8 Å². The average molecular weight is 275 g/mol. The molecule has 0 heterocycles. The molecular weight excluding hydrogens is 256 g/mol. The van der Waals surface area contributed by atoms with E-state index < -0.39 is 0 Å². The van der Waals surface area contributed by atoms with E-state index in [-0.39, 0.29) is 5.38 Å². The first kappa shape index (κ1) is 14.0. The quantitative estimate of drug-likeness (QED) is 0.711. The van der Waals surface area contributed by atoms with Gasteiger partial charge >= 0.3 is 0 Å². The number of ether oxygens (including phenoxy) is 1. The zero-order chi connectivity index (χ0) is 13.8. The molecule has 0 N–H and O–H groups in total. The lowest BCUT2D eigenvalue weighted by Gasteiger charge is -2.17. The Hall–Kier alpha value is -1.47. The highest BCUT2D eigenvalue weighted by Crippen LogP contribution is 2.36. The van der Waals surface area contributed by atoms with Crippen LogP contribution in [-0.4, -0.2) is 6.61 Å². The van der Waals surface area contributed by atoms with E-state index in [1.807, 2.05) is 31.2 Å². The molecule has 0 aliphatic heterocycles. The van der Waals surface area contributed by atoms with Crippen LogP contribution < -0.4 is 4.74 Å². The second kappa shape index (κ2) is 6.12. The summed E-state index contributed by atoms with van der Waals surface area (Å²) in [5.74, 6) is 0.866. The van der Waals surface area contributed by atoms with Crippen LogP contribution in [0.5, 0.6) is 5.75 Å². The summed E-state index contributed by atoms with van der Waals surface area (Å²) >= 11 is 6.65. The van der Waals surface area contributed by atoms with Gasteiger partial charge in [0.05, 0.1) is 12.0 Å². The average Bonchev–Trinajstić information content (AvgIpc) is 2.39. The highest BCUT2D eigenvalue weighted by Gasteiger charge is 2.17. The van der Waals surface area contributed by atoms with Gasteiger partial charge in [-0.15, -0.1) is 11.6 Å². The maximum atomic E-state index is 6.65. The molecule has 1 unspecified atom stereocenters. The van der Waals surface area contributed by atoms with Crippen LogP contribution in [0.2, 0.25) is 0 Å². The SMILES string of the molecule is CCOc1ccccc1C(Cl)c1ccc(C)cc1C. The minimum absolute atomic E-state index is 0.177. The van der Waals surface area contributed by atoms with Crippen LogP contribution in [0.1, 0.15) is 34.6 Å². The number of hydrogen-bond acceptors (Lipinski definition) is 1. The van der Waals surface area contributed by atoms with Gasteiger partial charge in [-0.1, -0.05) is 42.0 Å². The number of benzene rings is 2. The van der Waals surface area contributed by atoms with Crippen LogP contribution in [0.25, 0.3) is 0 Å². The summed E-state index contributed by atoms with van der Waals surface area (Å²) in [6, 6.07) is 14.3. The lowest BCUT2D eigenvalue weighted by molar-refractivity contribution is 0.337. The molecule has 0 radical (unpaired) electrons. The van der Waals surface area contributed by atoms with Gasteiger partial charge in [0.2, 0.25) is 0 Å². The molecule has 1 atom stereocenters. The molecule has 2 aromatic rings. The minimum Gasteiger partial charge on any atom is -0.494 e. The molecule has 0 aliphatic rings. The maximum absolute atomic E-state index is 6.65.